The maximum atomic E-state index is 8.32. The molecule has 0 aliphatic carbocycles. The Kier molecular flexibility index (Phi) is 3.93. The fraction of sp³-hybridized carbons (Fsp3) is 0.625. The molecule has 1 aromatic rings. The van der Waals surface area contributed by atoms with E-state index in [9.17, 15) is 0 Å². The fourth-order valence-corrected chi connectivity index (χ4v) is 0.849. The molecule has 0 bridgehead atoms. The van der Waals surface area contributed by atoms with Crippen LogP contribution in [0.25, 0.3) is 0 Å². The Morgan fingerprint density at radius 3 is 3.08 bits per heavy atom. The van der Waals surface area contributed by atoms with E-state index in [-0.39, 0.29) is 0 Å². The number of methoxy groups -OCH3 is 1. The molecule has 1 heterocycles. The SMILES string of the molecule is COCCc1noc(CCC#N)n1. The lowest BCUT2D eigenvalue weighted by atomic mass is 10.3. The first kappa shape index (κ1) is 9.68. The van der Waals surface area contributed by atoms with Gasteiger partial charge < -0.3 is 9.26 Å². The molecule has 0 amide bonds. The van der Waals surface area contributed by atoms with Gasteiger partial charge in [0.15, 0.2) is 5.82 Å². The molecule has 1 aromatic heterocycles. The molecule has 0 aliphatic heterocycles. The maximum absolute atomic E-state index is 8.32. The van der Waals surface area contributed by atoms with Gasteiger partial charge in [-0.1, -0.05) is 5.16 Å². The summed E-state index contributed by atoms with van der Waals surface area (Å²) >= 11 is 0. The minimum absolute atomic E-state index is 0.409. The predicted octanol–water partition coefficient (Wildman–Crippen LogP) is 0.715. The number of nitrogens with zero attached hydrogens (tertiary/aromatic N) is 3. The Hall–Kier alpha value is -1.41. The number of aryl methyl sites for hydroxylation is 1. The lowest BCUT2D eigenvalue weighted by molar-refractivity contribution is 0.199. The fourth-order valence-electron chi connectivity index (χ4n) is 0.849. The van der Waals surface area contributed by atoms with Crippen LogP contribution < -0.4 is 0 Å². The molecule has 1 rings (SSSR count). The minimum Gasteiger partial charge on any atom is -0.384 e. The first-order valence-electron chi connectivity index (χ1n) is 4.04. The zero-order valence-electron chi connectivity index (χ0n) is 7.49. The average Bonchev–Trinajstić information content (AvgIpc) is 2.59. The summed E-state index contributed by atoms with van der Waals surface area (Å²) in [6.07, 6.45) is 1.58. The first-order chi connectivity index (χ1) is 6.36. The molecule has 0 fully saturated rings. The van der Waals surface area contributed by atoms with E-state index < -0.39 is 0 Å². The highest BCUT2D eigenvalue weighted by Crippen LogP contribution is 2.00. The molecule has 0 spiro atoms. The number of nitriles is 1. The van der Waals surface area contributed by atoms with Gasteiger partial charge in [0.05, 0.1) is 12.7 Å². The Labute approximate surface area is 76.3 Å². The van der Waals surface area contributed by atoms with Crippen LogP contribution in [0.2, 0.25) is 0 Å². The van der Waals surface area contributed by atoms with Crippen LogP contribution >= 0.6 is 0 Å². The van der Waals surface area contributed by atoms with E-state index in [4.69, 9.17) is 14.5 Å². The predicted molar refractivity (Wildman–Crippen MR) is 43.8 cm³/mol. The van der Waals surface area contributed by atoms with Crippen LogP contribution in [-0.2, 0) is 17.6 Å². The molecule has 0 saturated carbocycles. The van der Waals surface area contributed by atoms with Gasteiger partial charge in [-0.05, 0) is 0 Å². The van der Waals surface area contributed by atoms with Crippen molar-refractivity contribution < 1.29 is 9.26 Å². The summed E-state index contributed by atoms with van der Waals surface area (Å²) in [4.78, 5) is 4.08. The second kappa shape index (κ2) is 5.27. The smallest absolute Gasteiger partial charge is 0.227 e. The first-order valence-corrected chi connectivity index (χ1v) is 4.04. The van der Waals surface area contributed by atoms with Crippen molar-refractivity contribution in [2.75, 3.05) is 13.7 Å². The molecule has 0 atom stereocenters. The van der Waals surface area contributed by atoms with Crippen molar-refractivity contribution in [3.8, 4) is 6.07 Å². The van der Waals surface area contributed by atoms with Crippen LogP contribution in [0.1, 0.15) is 18.1 Å². The van der Waals surface area contributed by atoms with Gasteiger partial charge in [0.2, 0.25) is 5.89 Å². The minimum atomic E-state index is 0.409. The van der Waals surface area contributed by atoms with Gasteiger partial charge in [0, 0.05) is 26.4 Å². The van der Waals surface area contributed by atoms with Gasteiger partial charge in [0.25, 0.3) is 0 Å². The van der Waals surface area contributed by atoms with Crippen LogP contribution in [-0.4, -0.2) is 23.9 Å². The van der Waals surface area contributed by atoms with Crippen LogP contribution in [0.5, 0.6) is 0 Å². The Bertz CT molecular complexity index is 290. The van der Waals surface area contributed by atoms with Crippen molar-refractivity contribution in [2.45, 2.75) is 19.3 Å². The second-order valence-electron chi connectivity index (χ2n) is 2.51. The standard InChI is InChI=1S/C8H11N3O2/c1-12-6-4-7-10-8(13-11-7)3-2-5-9/h2-4,6H2,1H3. The highest BCUT2D eigenvalue weighted by atomic mass is 16.5. The Morgan fingerprint density at radius 2 is 2.38 bits per heavy atom. The Morgan fingerprint density at radius 1 is 1.54 bits per heavy atom. The van der Waals surface area contributed by atoms with Gasteiger partial charge >= 0.3 is 0 Å². The molecule has 5 nitrogen and oxygen atoms in total. The monoisotopic (exact) mass is 181 g/mol. The third-order valence-electron chi connectivity index (χ3n) is 1.49. The molecule has 0 N–H and O–H groups in total. The molecule has 0 aromatic carbocycles. The molecular formula is C8H11N3O2. The van der Waals surface area contributed by atoms with Crippen molar-refractivity contribution in [3.05, 3.63) is 11.7 Å². The van der Waals surface area contributed by atoms with Crippen molar-refractivity contribution >= 4 is 0 Å². The third-order valence-corrected chi connectivity index (χ3v) is 1.49. The summed E-state index contributed by atoms with van der Waals surface area (Å²) in [6, 6.07) is 2.02. The van der Waals surface area contributed by atoms with E-state index in [1.807, 2.05) is 6.07 Å². The summed E-state index contributed by atoms with van der Waals surface area (Å²) in [5, 5.41) is 12.0. The van der Waals surface area contributed by atoms with E-state index in [0.717, 1.165) is 0 Å². The van der Waals surface area contributed by atoms with E-state index in [0.29, 0.717) is 37.6 Å². The number of rotatable bonds is 5. The summed E-state index contributed by atoms with van der Waals surface area (Å²) in [5.41, 5.74) is 0. The second-order valence-corrected chi connectivity index (χ2v) is 2.51. The van der Waals surface area contributed by atoms with Crippen LogP contribution in [0.3, 0.4) is 0 Å². The van der Waals surface area contributed by atoms with Crippen molar-refractivity contribution in [1.29, 1.82) is 5.26 Å². The highest BCUT2D eigenvalue weighted by molar-refractivity contribution is 4.88. The average molecular weight is 181 g/mol. The number of aromatic nitrogens is 2. The van der Waals surface area contributed by atoms with Gasteiger partial charge in [0.1, 0.15) is 0 Å². The quantitative estimate of drug-likeness (QED) is 0.669. The summed E-state index contributed by atoms with van der Waals surface area (Å²) in [7, 11) is 1.62. The number of ether oxygens (including phenoxy) is 1. The van der Waals surface area contributed by atoms with E-state index in [1.54, 1.807) is 7.11 Å². The lowest BCUT2D eigenvalue weighted by Crippen LogP contribution is -1.96. The largest absolute Gasteiger partial charge is 0.384 e. The maximum Gasteiger partial charge on any atom is 0.227 e. The van der Waals surface area contributed by atoms with Crippen LogP contribution in [0.15, 0.2) is 4.52 Å². The van der Waals surface area contributed by atoms with Gasteiger partial charge in [-0.3, -0.25) is 0 Å². The van der Waals surface area contributed by atoms with Crippen LogP contribution in [0, 0.1) is 11.3 Å². The normalized spacial score (nSPS) is 9.85. The zero-order chi connectivity index (χ0) is 9.52. The molecule has 70 valence electrons. The summed E-state index contributed by atoms with van der Waals surface area (Å²) in [5.74, 6) is 1.16. The molecule has 0 unspecified atom stereocenters. The molecule has 0 aliphatic rings. The molecule has 0 radical (unpaired) electrons. The summed E-state index contributed by atoms with van der Waals surface area (Å²) < 4.78 is 9.76. The van der Waals surface area contributed by atoms with Gasteiger partial charge in [-0.25, -0.2) is 0 Å². The topological polar surface area (TPSA) is 71.9 Å². The van der Waals surface area contributed by atoms with E-state index >= 15 is 0 Å². The van der Waals surface area contributed by atoms with Gasteiger partial charge in [-0.15, -0.1) is 0 Å². The number of hydrogen-bond donors (Lipinski definition) is 0. The number of hydrogen-bond acceptors (Lipinski definition) is 5. The molecule has 13 heavy (non-hydrogen) atoms. The van der Waals surface area contributed by atoms with Crippen molar-refractivity contribution in [2.24, 2.45) is 0 Å². The van der Waals surface area contributed by atoms with Crippen molar-refractivity contribution in [3.63, 3.8) is 0 Å². The van der Waals surface area contributed by atoms with Crippen molar-refractivity contribution in [1.82, 2.24) is 10.1 Å². The third kappa shape index (κ3) is 3.22. The molecular weight excluding hydrogens is 170 g/mol. The van der Waals surface area contributed by atoms with Gasteiger partial charge in [-0.2, -0.15) is 10.2 Å². The van der Waals surface area contributed by atoms with Crippen LogP contribution in [0.4, 0.5) is 0 Å². The molecule has 5 heteroatoms. The molecule has 0 saturated heterocycles. The highest BCUT2D eigenvalue weighted by Gasteiger charge is 2.04. The van der Waals surface area contributed by atoms with E-state index in [2.05, 4.69) is 10.1 Å². The lowest BCUT2D eigenvalue weighted by Gasteiger charge is -1.90. The zero-order valence-corrected chi connectivity index (χ0v) is 7.49. The Balaban J connectivity index is 2.40. The summed E-state index contributed by atoms with van der Waals surface area (Å²) in [6.45, 7) is 0.581. The van der Waals surface area contributed by atoms with E-state index in [1.165, 1.54) is 0 Å².